The van der Waals surface area contributed by atoms with Crippen molar-refractivity contribution in [2.75, 3.05) is 12.4 Å². The summed E-state index contributed by atoms with van der Waals surface area (Å²) < 4.78 is 5.85. The summed E-state index contributed by atoms with van der Waals surface area (Å²) in [7, 11) is 1.50. The number of ether oxygens (including phenoxy) is 1. The van der Waals surface area contributed by atoms with Crippen LogP contribution in [0.25, 0.3) is 0 Å². The van der Waals surface area contributed by atoms with Crippen molar-refractivity contribution < 1.29 is 9.53 Å². The molecule has 19 heavy (non-hydrogen) atoms. The molecule has 0 aliphatic heterocycles. The first-order valence-corrected chi connectivity index (χ1v) is 6.41. The fourth-order valence-electron chi connectivity index (χ4n) is 1.48. The number of aromatic nitrogens is 3. The summed E-state index contributed by atoms with van der Waals surface area (Å²) in [4.78, 5) is 15.9. The summed E-state index contributed by atoms with van der Waals surface area (Å²) in [6.45, 7) is 1.71. The fraction of sp³-hybridized carbons (Fsp3) is 0.182. The van der Waals surface area contributed by atoms with Crippen LogP contribution >= 0.6 is 27.5 Å². The summed E-state index contributed by atoms with van der Waals surface area (Å²) in [6.07, 6.45) is 0. The third-order valence-electron chi connectivity index (χ3n) is 2.26. The summed E-state index contributed by atoms with van der Waals surface area (Å²) in [5.74, 6) is 0.641. The van der Waals surface area contributed by atoms with Gasteiger partial charge in [0.2, 0.25) is 5.82 Å². The van der Waals surface area contributed by atoms with Crippen LogP contribution in [0.1, 0.15) is 16.4 Å². The molecule has 0 spiro atoms. The lowest BCUT2D eigenvalue weighted by molar-refractivity contribution is 0.101. The van der Waals surface area contributed by atoms with Gasteiger partial charge < -0.3 is 10.1 Å². The first-order valence-electron chi connectivity index (χ1n) is 5.24. The van der Waals surface area contributed by atoms with Crippen LogP contribution in [-0.2, 0) is 0 Å². The Labute approximate surface area is 122 Å². The zero-order valence-corrected chi connectivity index (χ0v) is 12.5. The quantitative estimate of drug-likeness (QED) is 0.896. The second-order valence-electron chi connectivity index (χ2n) is 3.67. The molecule has 0 unspecified atom stereocenters. The van der Waals surface area contributed by atoms with Crippen LogP contribution in [0.5, 0.6) is 5.75 Å². The van der Waals surface area contributed by atoms with Crippen molar-refractivity contribution >= 4 is 39.1 Å². The number of carbonyl (C=O) groups is 1. The molecule has 2 N–H and O–H groups in total. The maximum atomic E-state index is 11.9. The molecule has 2 aromatic rings. The number of nitrogens with one attached hydrogen (secondary N) is 2. The largest absolute Gasteiger partial charge is 0.493 e. The van der Waals surface area contributed by atoms with Gasteiger partial charge in [0.1, 0.15) is 5.82 Å². The summed E-state index contributed by atoms with van der Waals surface area (Å²) in [5.41, 5.74) is 0.439. The van der Waals surface area contributed by atoms with Crippen LogP contribution in [0.4, 0.5) is 5.69 Å². The van der Waals surface area contributed by atoms with Crippen LogP contribution in [0, 0.1) is 6.92 Å². The number of H-pyrrole nitrogens is 1. The minimum atomic E-state index is -0.447. The van der Waals surface area contributed by atoms with Crippen LogP contribution in [0.3, 0.4) is 0 Å². The molecule has 2 rings (SSSR count). The van der Waals surface area contributed by atoms with Crippen molar-refractivity contribution in [2.24, 2.45) is 0 Å². The Morgan fingerprint density at radius 3 is 2.84 bits per heavy atom. The maximum absolute atomic E-state index is 11.9. The Kier molecular flexibility index (Phi) is 4.06. The Morgan fingerprint density at radius 2 is 2.26 bits per heavy atom. The number of rotatable bonds is 3. The number of anilines is 1. The van der Waals surface area contributed by atoms with Crippen LogP contribution in [0.15, 0.2) is 16.6 Å². The number of methoxy groups -OCH3 is 1. The average molecular weight is 346 g/mol. The lowest BCUT2D eigenvalue weighted by atomic mass is 10.3. The van der Waals surface area contributed by atoms with Gasteiger partial charge in [0.05, 0.1) is 17.3 Å². The molecule has 1 aromatic carbocycles. The van der Waals surface area contributed by atoms with Gasteiger partial charge in [-0.15, -0.1) is 5.10 Å². The first-order chi connectivity index (χ1) is 9.01. The van der Waals surface area contributed by atoms with Gasteiger partial charge in [0.25, 0.3) is 5.91 Å². The third-order valence-corrected chi connectivity index (χ3v) is 3.07. The average Bonchev–Trinajstić information content (AvgIpc) is 2.75. The smallest absolute Gasteiger partial charge is 0.295 e. The Balaban J connectivity index is 2.30. The fourth-order valence-corrected chi connectivity index (χ4v) is 2.46. The van der Waals surface area contributed by atoms with E-state index in [0.717, 1.165) is 0 Å². The number of aryl methyl sites for hydroxylation is 1. The molecule has 1 amide bonds. The Bertz CT molecular complexity index is 629. The highest BCUT2D eigenvalue weighted by molar-refractivity contribution is 9.10. The molecule has 0 radical (unpaired) electrons. The van der Waals surface area contributed by atoms with E-state index in [0.29, 0.717) is 26.8 Å². The van der Waals surface area contributed by atoms with Gasteiger partial charge in [-0.1, -0.05) is 11.6 Å². The lowest BCUT2D eigenvalue weighted by Crippen LogP contribution is -2.14. The number of hydrogen-bond acceptors (Lipinski definition) is 4. The molecule has 6 nitrogen and oxygen atoms in total. The van der Waals surface area contributed by atoms with Crippen molar-refractivity contribution in [1.29, 1.82) is 0 Å². The topological polar surface area (TPSA) is 79.9 Å². The van der Waals surface area contributed by atoms with Gasteiger partial charge >= 0.3 is 0 Å². The minimum Gasteiger partial charge on any atom is -0.493 e. The van der Waals surface area contributed by atoms with E-state index in [2.05, 4.69) is 36.4 Å². The van der Waals surface area contributed by atoms with Crippen molar-refractivity contribution in [3.63, 3.8) is 0 Å². The number of aromatic amines is 1. The van der Waals surface area contributed by atoms with Gasteiger partial charge in [0.15, 0.2) is 5.75 Å². The lowest BCUT2D eigenvalue weighted by Gasteiger charge is -2.11. The van der Waals surface area contributed by atoms with Gasteiger partial charge in [-0.2, -0.15) is 0 Å². The number of amides is 1. The number of nitrogens with zero attached hydrogens (tertiary/aromatic N) is 2. The van der Waals surface area contributed by atoms with Gasteiger partial charge in [-0.05, 0) is 35.0 Å². The highest BCUT2D eigenvalue weighted by Gasteiger charge is 2.16. The first kappa shape index (κ1) is 13.8. The summed E-state index contributed by atoms with van der Waals surface area (Å²) in [5, 5.41) is 9.49. The molecular weight excluding hydrogens is 336 g/mol. The molecule has 100 valence electrons. The number of hydrogen-bond donors (Lipinski definition) is 2. The van der Waals surface area contributed by atoms with Crippen LogP contribution in [-0.4, -0.2) is 28.2 Å². The van der Waals surface area contributed by atoms with Crippen molar-refractivity contribution in [3.8, 4) is 5.75 Å². The second kappa shape index (κ2) is 5.58. The minimum absolute atomic E-state index is 0.0515. The molecule has 0 atom stereocenters. The van der Waals surface area contributed by atoms with E-state index in [4.69, 9.17) is 16.3 Å². The monoisotopic (exact) mass is 344 g/mol. The molecule has 1 heterocycles. The summed E-state index contributed by atoms with van der Waals surface area (Å²) >= 11 is 9.25. The highest BCUT2D eigenvalue weighted by Crippen LogP contribution is 2.36. The Hall–Kier alpha value is -1.60. The standard InChI is InChI=1S/C11H10BrClN4O2/c1-5-14-10(17-16-5)11(18)15-8-4-6(13)3-7(12)9(8)19-2/h3-4H,1-2H3,(H,15,18)(H,14,16,17). The van der Waals surface area contributed by atoms with E-state index < -0.39 is 5.91 Å². The number of halogens is 2. The molecule has 0 aliphatic rings. The van der Waals surface area contributed by atoms with Crippen molar-refractivity contribution in [1.82, 2.24) is 15.2 Å². The second-order valence-corrected chi connectivity index (χ2v) is 4.96. The molecule has 0 saturated carbocycles. The number of carbonyl (C=O) groups excluding carboxylic acids is 1. The zero-order chi connectivity index (χ0) is 14.0. The number of benzene rings is 1. The van der Waals surface area contributed by atoms with E-state index in [-0.39, 0.29) is 5.82 Å². The van der Waals surface area contributed by atoms with Gasteiger partial charge in [-0.3, -0.25) is 9.89 Å². The molecule has 0 aliphatic carbocycles. The SMILES string of the molecule is COc1c(Br)cc(Cl)cc1NC(=O)c1n[nH]c(C)n1. The van der Waals surface area contributed by atoms with Crippen LogP contribution in [0.2, 0.25) is 5.02 Å². The summed E-state index contributed by atoms with van der Waals surface area (Å²) in [6, 6.07) is 3.26. The maximum Gasteiger partial charge on any atom is 0.295 e. The van der Waals surface area contributed by atoms with E-state index in [1.54, 1.807) is 19.1 Å². The van der Waals surface area contributed by atoms with E-state index in [9.17, 15) is 4.79 Å². The van der Waals surface area contributed by atoms with Crippen molar-refractivity contribution in [2.45, 2.75) is 6.92 Å². The molecule has 8 heteroatoms. The predicted octanol–water partition coefficient (Wildman–Crippen LogP) is 2.79. The third kappa shape index (κ3) is 3.05. The highest BCUT2D eigenvalue weighted by atomic mass is 79.9. The van der Waals surface area contributed by atoms with Crippen molar-refractivity contribution in [3.05, 3.63) is 33.3 Å². The molecule has 0 saturated heterocycles. The van der Waals surface area contributed by atoms with E-state index >= 15 is 0 Å². The van der Waals surface area contributed by atoms with E-state index in [1.165, 1.54) is 7.11 Å². The van der Waals surface area contributed by atoms with Gasteiger partial charge in [0, 0.05) is 5.02 Å². The molecule has 1 aromatic heterocycles. The van der Waals surface area contributed by atoms with Gasteiger partial charge in [-0.25, -0.2) is 4.98 Å². The predicted molar refractivity (Wildman–Crippen MR) is 74.8 cm³/mol. The van der Waals surface area contributed by atoms with Crippen LogP contribution < -0.4 is 10.1 Å². The zero-order valence-electron chi connectivity index (χ0n) is 10.1. The Morgan fingerprint density at radius 1 is 1.53 bits per heavy atom. The van der Waals surface area contributed by atoms with E-state index in [1.807, 2.05) is 0 Å². The molecular formula is C11H10BrClN4O2. The normalized spacial score (nSPS) is 10.3. The molecule has 0 fully saturated rings. The molecule has 0 bridgehead atoms.